The van der Waals surface area contributed by atoms with Crippen molar-refractivity contribution in [1.82, 2.24) is 14.2 Å². The van der Waals surface area contributed by atoms with Gasteiger partial charge in [-0.05, 0) is 61.5 Å². The lowest BCUT2D eigenvalue weighted by Gasteiger charge is -2.07. The zero-order chi connectivity index (χ0) is 29.5. The Labute approximate surface area is 250 Å². The number of anilines is 1. The smallest absolute Gasteiger partial charge is 0.282 e. The molecule has 0 aliphatic heterocycles. The van der Waals surface area contributed by atoms with E-state index in [0.717, 1.165) is 33.1 Å². The van der Waals surface area contributed by atoms with E-state index in [9.17, 15) is 9.59 Å². The topological polar surface area (TPSA) is 94.4 Å². The van der Waals surface area contributed by atoms with Crippen LogP contribution >= 0.6 is 11.6 Å². The number of nitrogens with one attached hydrogen (secondary N) is 1. The molecule has 0 fully saturated rings. The number of para-hydroxylation sites is 2. The maximum Gasteiger partial charge on any atom is 0.282 e. The van der Waals surface area contributed by atoms with Crippen LogP contribution in [0.2, 0.25) is 5.02 Å². The number of amides is 1. The molecule has 1 amide bonds. The van der Waals surface area contributed by atoms with Crippen molar-refractivity contribution in [3.05, 3.63) is 130 Å². The maximum atomic E-state index is 13.7. The van der Waals surface area contributed by atoms with Crippen LogP contribution in [-0.4, -0.2) is 26.3 Å². The lowest BCUT2D eigenvalue weighted by atomic mass is 10.2. The van der Waals surface area contributed by atoms with Crippen molar-refractivity contribution in [2.45, 2.75) is 13.5 Å². The van der Waals surface area contributed by atoms with Gasteiger partial charge in [0, 0.05) is 38.8 Å². The summed E-state index contributed by atoms with van der Waals surface area (Å²) in [6, 6.07) is 29.6. The van der Waals surface area contributed by atoms with Gasteiger partial charge in [0.25, 0.3) is 5.56 Å². The predicted octanol–water partition coefficient (Wildman–Crippen LogP) is 7.25. The minimum atomic E-state index is -0.337. The summed E-state index contributed by atoms with van der Waals surface area (Å²) in [5.74, 6) is 0.483. The van der Waals surface area contributed by atoms with Gasteiger partial charge in [0.15, 0.2) is 5.76 Å². The molecule has 0 radical (unpaired) electrons. The molecule has 7 aromatic rings. The molecule has 210 valence electrons. The number of hydrogen-bond donors (Lipinski definition) is 1. The molecule has 0 bridgehead atoms. The molecule has 8 nitrogen and oxygen atoms in total. The minimum absolute atomic E-state index is 0.104. The molecule has 3 heterocycles. The number of carbonyl (C=O) groups excluding carboxylic acids is 1. The summed E-state index contributed by atoms with van der Waals surface area (Å²) in [5.41, 5.74) is 4.26. The first kappa shape index (κ1) is 26.4. The van der Waals surface area contributed by atoms with E-state index in [-0.39, 0.29) is 23.8 Å². The highest BCUT2D eigenvalue weighted by molar-refractivity contribution is 6.31. The summed E-state index contributed by atoms with van der Waals surface area (Å²) in [7, 11) is 0. The van der Waals surface area contributed by atoms with E-state index >= 15 is 0 Å². The Balaban J connectivity index is 1.29. The third kappa shape index (κ3) is 5.09. The van der Waals surface area contributed by atoms with Gasteiger partial charge in [-0.25, -0.2) is 4.98 Å². The highest BCUT2D eigenvalue weighted by atomic mass is 35.5. The largest absolute Gasteiger partial charge is 0.453 e. The van der Waals surface area contributed by atoms with Crippen molar-refractivity contribution < 1.29 is 9.21 Å². The number of fused-ring (bicyclic) bond motifs is 3. The zero-order valence-corrected chi connectivity index (χ0v) is 23.7. The van der Waals surface area contributed by atoms with Gasteiger partial charge < -0.3 is 14.3 Å². The molecule has 43 heavy (non-hydrogen) atoms. The molecule has 7 rings (SSSR count). The molecule has 0 atom stereocenters. The van der Waals surface area contributed by atoms with Crippen molar-refractivity contribution in [2.24, 2.45) is 5.10 Å². The van der Waals surface area contributed by atoms with Crippen molar-refractivity contribution in [3.63, 3.8) is 0 Å². The average molecular weight is 586 g/mol. The van der Waals surface area contributed by atoms with E-state index in [1.807, 2.05) is 72.3 Å². The second-order valence-electron chi connectivity index (χ2n) is 10.3. The Morgan fingerprint density at radius 3 is 2.58 bits per heavy atom. The molecule has 0 aliphatic rings. The molecule has 9 heteroatoms. The quantitative estimate of drug-likeness (QED) is 0.208. The van der Waals surface area contributed by atoms with E-state index in [1.54, 1.807) is 48.7 Å². The van der Waals surface area contributed by atoms with Crippen molar-refractivity contribution >= 4 is 62.2 Å². The fourth-order valence-corrected chi connectivity index (χ4v) is 5.32. The Morgan fingerprint density at radius 2 is 1.74 bits per heavy atom. The number of benzene rings is 4. The van der Waals surface area contributed by atoms with Gasteiger partial charge in [0.2, 0.25) is 11.7 Å². The monoisotopic (exact) mass is 585 g/mol. The standard InChI is InChI=1S/C34H24ClN5O3/c1-21-10-13-25(14-11-21)37-32(41)20-39-19-23(26-6-3-5-9-29(26)39)18-36-40-33(38-28-8-4-2-7-27(28)34(40)42)31-17-22-16-24(35)12-15-30(22)43-31/h2-19H,20H2,1H3,(H,37,41). The maximum absolute atomic E-state index is 13.7. The Morgan fingerprint density at radius 1 is 0.977 bits per heavy atom. The number of nitrogens with zero attached hydrogens (tertiary/aromatic N) is 4. The van der Waals surface area contributed by atoms with Crippen LogP contribution in [0.15, 0.2) is 118 Å². The second-order valence-corrected chi connectivity index (χ2v) is 10.7. The predicted molar refractivity (Wildman–Crippen MR) is 171 cm³/mol. The lowest BCUT2D eigenvalue weighted by Crippen LogP contribution is -2.20. The third-order valence-electron chi connectivity index (χ3n) is 7.23. The van der Waals surface area contributed by atoms with Gasteiger partial charge >= 0.3 is 0 Å². The van der Waals surface area contributed by atoms with Crippen molar-refractivity contribution in [3.8, 4) is 11.6 Å². The highest BCUT2D eigenvalue weighted by Gasteiger charge is 2.17. The van der Waals surface area contributed by atoms with Gasteiger partial charge in [0.1, 0.15) is 12.1 Å². The van der Waals surface area contributed by atoms with Crippen LogP contribution in [0.5, 0.6) is 0 Å². The van der Waals surface area contributed by atoms with Crippen LogP contribution in [0, 0.1) is 6.92 Å². The third-order valence-corrected chi connectivity index (χ3v) is 7.47. The molecular weight excluding hydrogens is 562 g/mol. The van der Waals surface area contributed by atoms with Gasteiger partial charge in [-0.1, -0.05) is 59.6 Å². The van der Waals surface area contributed by atoms with Crippen LogP contribution in [0.3, 0.4) is 0 Å². The first-order valence-corrected chi connectivity index (χ1v) is 14.0. The number of furan rings is 1. The summed E-state index contributed by atoms with van der Waals surface area (Å²) in [6.07, 6.45) is 3.46. The van der Waals surface area contributed by atoms with E-state index < -0.39 is 0 Å². The van der Waals surface area contributed by atoms with E-state index in [4.69, 9.17) is 21.0 Å². The fraction of sp³-hybridized carbons (Fsp3) is 0.0588. The Bertz CT molecular complexity index is 2260. The van der Waals surface area contributed by atoms with Crippen LogP contribution in [0.25, 0.3) is 44.4 Å². The molecule has 3 aromatic heterocycles. The van der Waals surface area contributed by atoms with Gasteiger partial charge in [0.05, 0.1) is 17.1 Å². The molecule has 1 N–H and O–H groups in total. The van der Waals surface area contributed by atoms with Gasteiger partial charge in [-0.15, -0.1) is 0 Å². The number of halogens is 1. The van der Waals surface area contributed by atoms with Crippen LogP contribution in [0.1, 0.15) is 11.1 Å². The SMILES string of the molecule is Cc1ccc(NC(=O)Cn2cc(C=Nn3c(-c4cc5cc(Cl)ccc5o4)nc4ccccc4c3=O)c3ccccc32)cc1. The first-order chi connectivity index (χ1) is 20.9. The van der Waals surface area contributed by atoms with Crippen LogP contribution in [-0.2, 0) is 11.3 Å². The second kappa shape index (κ2) is 10.7. The number of hydrogen-bond acceptors (Lipinski definition) is 5. The molecule has 0 saturated carbocycles. The highest BCUT2D eigenvalue weighted by Crippen LogP contribution is 2.29. The number of aryl methyl sites for hydroxylation is 1. The number of carbonyl (C=O) groups is 1. The van der Waals surface area contributed by atoms with Gasteiger partial charge in [-0.3, -0.25) is 9.59 Å². The summed E-state index contributed by atoms with van der Waals surface area (Å²) in [5, 5.41) is 10.2. The van der Waals surface area contributed by atoms with Crippen molar-refractivity contribution in [2.75, 3.05) is 5.32 Å². The van der Waals surface area contributed by atoms with Crippen LogP contribution in [0.4, 0.5) is 5.69 Å². The number of rotatable bonds is 6. The first-order valence-electron chi connectivity index (χ1n) is 13.6. The summed E-state index contributed by atoms with van der Waals surface area (Å²) in [6.45, 7) is 2.10. The normalized spacial score (nSPS) is 11.7. The van der Waals surface area contributed by atoms with Gasteiger partial charge in [-0.2, -0.15) is 9.78 Å². The summed E-state index contributed by atoms with van der Waals surface area (Å²) < 4.78 is 9.19. The zero-order valence-electron chi connectivity index (χ0n) is 23.0. The molecule has 0 spiro atoms. The van der Waals surface area contributed by atoms with Crippen molar-refractivity contribution in [1.29, 1.82) is 0 Å². The number of aromatic nitrogens is 3. The molecular formula is C34H24ClN5O3. The van der Waals surface area contributed by atoms with Crippen LogP contribution < -0.4 is 10.9 Å². The summed E-state index contributed by atoms with van der Waals surface area (Å²) >= 11 is 6.19. The van der Waals surface area contributed by atoms with E-state index in [2.05, 4.69) is 10.4 Å². The lowest BCUT2D eigenvalue weighted by molar-refractivity contribution is -0.116. The minimum Gasteiger partial charge on any atom is -0.453 e. The molecule has 0 aliphatic carbocycles. The van der Waals surface area contributed by atoms with E-state index in [0.29, 0.717) is 27.3 Å². The summed E-state index contributed by atoms with van der Waals surface area (Å²) in [4.78, 5) is 31.4. The average Bonchev–Trinajstić information content (AvgIpc) is 3.59. The fourth-order valence-electron chi connectivity index (χ4n) is 5.14. The molecule has 0 unspecified atom stereocenters. The Kier molecular flexibility index (Phi) is 6.60. The van der Waals surface area contributed by atoms with E-state index in [1.165, 1.54) is 4.68 Å². The molecule has 0 saturated heterocycles. The Hall–Kier alpha value is -5.47. The molecule has 4 aromatic carbocycles.